The van der Waals surface area contributed by atoms with Crippen LogP contribution in [-0.2, 0) is 26.2 Å². The number of carbonyl (C=O) groups excluding carboxylic acids is 2. The summed E-state index contributed by atoms with van der Waals surface area (Å²) in [6.45, 7) is 9.48. The number of sulfonamides is 1. The van der Waals surface area contributed by atoms with Crippen LogP contribution in [0, 0.1) is 19.8 Å². The maximum atomic E-state index is 14.0. The fourth-order valence-corrected chi connectivity index (χ4v) is 5.73. The molecule has 0 aliphatic heterocycles. The molecule has 0 aliphatic rings. The first-order chi connectivity index (χ1) is 18.4. The fraction of sp³-hybridized carbons (Fsp3) is 0.333. The lowest BCUT2D eigenvalue weighted by Gasteiger charge is -2.32. The maximum absolute atomic E-state index is 14.0. The third-order valence-corrected chi connectivity index (χ3v) is 8.56. The molecule has 1 atom stereocenters. The molecule has 0 heterocycles. The van der Waals surface area contributed by atoms with Crippen molar-refractivity contribution < 1.29 is 18.0 Å². The predicted molar refractivity (Wildman–Crippen MR) is 156 cm³/mol. The van der Waals surface area contributed by atoms with E-state index in [1.807, 2.05) is 52.0 Å². The van der Waals surface area contributed by atoms with Crippen LogP contribution in [0.5, 0.6) is 0 Å². The van der Waals surface area contributed by atoms with Crippen LogP contribution in [0.2, 0.25) is 5.02 Å². The van der Waals surface area contributed by atoms with Crippen molar-refractivity contribution in [3.8, 4) is 0 Å². The minimum Gasteiger partial charge on any atom is -0.354 e. The number of rotatable bonds is 11. The molecule has 0 saturated heterocycles. The molecular formula is C30H36ClN3O4S. The van der Waals surface area contributed by atoms with Gasteiger partial charge in [-0.05, 0) is 62.1 Å². The zero-order chi connectivity index (χ0) is 28.7. The summed E-state index contributed by atoms with van der Waals surface area (Å²) < 4.78 is 28.8. The molecule has 208 valence electrons. The summed E-state index contributed by atoms with van der Waals surface area (Å²) in [7, 11) is -4.17. The average molecular weight is 570 g/mol. The number of nitrogens with zero attached hydrogens (tertiary/aromatic N) is 2. The van der Waals surface area contributed by atoms with Crippen molar-refractivity contribution in [3.05, 3.63) is 94.5 Å². The Morgan fingerprint density at radius 2 is 1.51 bits per heavy atom. The minimum atomic E-state index is -4.17. The smallest absolute Gasteiger partial charge is 0.264 e. The summed E-state index contributed by atoms with van der Waals surface area (Å²) in [4.78, 5) is 28.5. The summed E-state index contributed by atoms with van der Waals surface area (Å²) in [5.41, 5.74) is 2.90. The molecule has 0 aliphatic carbocycles. The van der Waals surface area contributed by atoms with Crippen molar-refractivity contribution in [1.82, 2.24) is 10.2 Å². The van der Waals surface area contributed by atoms with Crippen molar-refractivity contribution in [2.24, 2.45) is 5.92 Å². The summed E-state index contributed by atoms with van der Waals surface area (Å²) in [6, 6.07) is 19.6. The fourth-order valence-electron chi connectivity index (χ4n) is 4.01. The van der Waals surface area contributed by atoms with Crippen LogP contribution in [0.3, 0.4) is 0 Å². The van der Waals surface area contributed by atoms with Gasteiger partial charge in [-0.3, -0.25) is 13.9 Å². The van der Waals surface area contributed by atoms with Crippen molar-refractivity contribution in [2.75, 3.05) is 17.4 Å². The molecule has 1 N–H and O–H groups in total. The van der Waals surface area contributed by atoms with E-state index in [0.717, 1.165) is 21.0 Å². The highest BCUT2D eigenvalue weighted by atomic mass is 35.5. The zero-order valence-electron chi connectivity index (χ0n) is 23.0. The Labute approximate surface area is 236 Å². The second kappa shape index (κ2) is 13.1. The summed E-state index contributed by atoms with van der Waals surface area (Å²) in [5, 5.41) is 3.08. The molecular weight excluding hydrogens is 534 g/mol. The summed E-state index contributed by atoms with van der Waals surface area (Å²) in [5.74, 6) is -0.602. The van der Waals surface area contributed by atoms with Crippen LogP contribution in [0.25, 0.3) is 0 Å². The van der Waals surface area contributed by atoms with Gasteiger partial charge >= 0.3 is 0 Å². The molecule has 7 nitrogen and oxygen atoms in total. The largest absolute Gasteiger partial charge is 0.354 e. The first kappa shape index (κ1) is 30.2. The molecule has 0 bridgehead atoms. The number of halogens is 1. The van der Waals surface area contributed by atoms with Gasteiger partial charge in [-0.15, -0.1) is 0 Å². The van der Waals surface area contributed by atoms with E-state index in [0.29, 0.717) is 6.54 Å². The number of benzene rings is 3. The Hall–Kier alpha value is -3.36. The molecule has 39 heavy (non-hydrogen) atoms. The van der Waals surface area contributed by atoms with Crippen LogP contribution < -0.4 is 9.62 Å². The Morgan fingerprint density at radius 1 is 0.897 bits per heavy atom. The van der Waals surface area contributed by atoms with Crippen molar-refractivity contribution in [2.45, 2.75) is 52.1 Å². The number of carbonyl (C=O) groups is 2. The van der Waals surface area contributed by atoms with Crippen LogP contribution in [0.1, 0.15) is 37.5 Å². The molecule has 2 amide bonds. The van der Waals surface area contributed by atoms with Crippen molar-refractivity contribution >= 4 is 39.1 Å². The Morgan fingerprint density at radius 3 is 2.13 bits per heavy atom. The lowest BCUT2D eigenvalue weighted by molar-refractivity contribution is -0.139. The van der Waals surface area contributed by atoms with Gasteiger partial charge in [0.2, 0.25) is 11.8 Å². The summed E-state index contributed by atoms with van der Waals surface area (Å²) in [6.07, 6.45) is 0. The van der Waals surface area contributed by atoms with Gasteiger partial charge in [-0.1, -0.05) is 79.5 Å². The number of amides is 2. The van der Waals surface area contributed by atoms with E-state index in [1.165, 1.54) is 17.0 Å². The molecule has 0 saturated carbocycles. The quantitative estimate of drug-likeness (QED) is 0.338. The zero-order valence-corrected chi connectivity index (χ0v) is 24.6. The molecule has 0 unspecified atom stereocenters. The van der Waals surface area contributed by atoms with E-state index in [2.05, 4.69) is 5.32 Å². The van der Waals surface area contributed by atoms with Crippen LogP contribution in [0.15, 0.2) is 77.7 Å². The Kier molecular flexibility index (Phi) is 10.2. The van der Waals surface area contributed by atoms with E-state index in [9.17, 15) is 18.0 Å². The molecule has 0 fully saturated rings. The predicted octanol–water partition coefficient (Wildman–Crippen LogP) is 5.34. The monoisotopic (exact) mass is 569 g/mol. The molecule has 3 rings (SSSR count). The topological polar surface area (TPSA) is 86.8 Å². The highest BCUT2D eigenvalue weighted by molar-refractivity contribution is 7.92. The van der Waals surface area contributed by atoms with Gasteiger partial charge in [-0.2, -0.15) is 0 Å². The van der Waals surface area contributed by atoms with E-state index < -0.39 is 28.5 Å². The molecule has 0 spiro atoms. The lowest BCUT2D eigenvalue weighted by Crippen LogP contribution is -2.51. The Balaban J connectivity index is 2.03. The average Bonchev–Trinajstić information content (AvgIpc) is 2.90. The number of nitrogens with one attached hydrogen (secondary N) is 1. The van der Waals surface area contributed by atoms with E-state index >= 15 is 0 Å². The molecule has 3 aromatic rings. The number of hydrogen-bond acceptors (Lipinski definition) is 4. The standard InChI is InChI=1S/C30H36ClN3O4S/c1-21(2)18-32-30(36)24(5)33(19-25-11-7-6-10-23(25)4)29(35)20-34(28-13-9-8-12-27(28)31)39(37,38)26-16-14-22(3)15-17-26/h6-17,21,24H,18-20H2,1-5H3,(H,32,36)/t24-/m1/s1. The summed E-state index contributed by atoms with van der Waals surface area (Å²) >= 11 is 6.44. The normalized spacial score (nSPS) is 12.2. The number of anilines is 1. The molecule has 9 heteroatoms. The highest BCUT2D eigenvalue weighted by Gasteiger charge is 2.33. The number of hydrogen-bond donors (Lipinski definition) is 1. The molecule has 0 aromatic heterocycles. The Bertz CT molecular complexity index is 1410. The number of para-hydroxylation sites is 1. The second-order valence-electron chi connectivity index (χ2n) is 10.0. The van der Waals surface area contributed by atoms with Gasteiger partial charge in [0.05, 0.1) is 15.6 Å². The minimum absolute atomic E-state index is 0.0361. The number of aryl methyl sites for hydroxylation is 2. The van der Waals surface area contributed by atoms with Gasteiger partial charge < -0.3 is 10.2 Å². The molecule has 0 radical (unpaired) electrons. The van der Waals surface area contributed by atoms with Gasteiger partial charge in [0.25, 0.3) is 10.0 Å². The van der Waals surface area contributed by atoms with Crippen molar-refractivity contribution in [1.29, 1.82) is 0 Å². The van der Waals surface area contributed by atoms with E-state index in [4.69, 9.17) is 11.6 Å². The third kappa shape index (κ3) is 7.61. The van der Waals surface area contributed by atoms with Gasteiger partial charge in [0.1, 0.15) is 12.6 Å². The maximum Gasteiger partial charge on any atom is 0.264 e. The van der Waals surface area contributed by atoms with Crippen LogP contribution in [0.4, 0.5) is 5.69 Å². The van der Waals surface area contributed by atoms with Crippen LogP contribution in [-0.4, -0.2) is 44.3 Å². The molecule has 3 aromatic carbocycles. The van der Waals surface area contributed by atoms with E-state index in [-0.39, 0.29) is 34.0 Å². The lowest BCUT2D eigenvalue weighted by atomic mass is 10.1. The first-order valence-electron chi connectivity index (χ1n) is 12.9. The van der Waals surface area contributed by atoms with Gasteiger partial charge in [-0.25, -0.2) is 8.42 Å². The van der Waals surface area contributed by atoms with E-state index in [1.54, 1.807) is 43.3 Å². The third-order valence-electron chi connectivity index (χ3n) is 6.46. The van der Waals surface area contributed by atoms with Gasteiger partial charge in [0.15, 0.2) is 0 Å². The van der Waals surface area contributed by atoms with Gasteiger partial charge in [0, 0.05) is 13.1 Å². The SMILES string of the molecule is Cc1ccc(S(=O)(=O)N(CC(=O)N(Cc2ccccc2C)[C@H](C)C(=O)NCC(C)C)c2ccccc2Cl)cc1. The second-order valence-corrected chi connectivity index (χ2v) is 12.3. The van der Waals surface area contributed by atoms with Crippen LogP contribution >= 0.6 is 11.6 Å². The highest BCUT2D eigenvalue weighted by Crippen LogP contribution is 2.31. The first-order valence-corrected chi connectivity index (χ1v) is 14.7. The van der Waals surface area contributed by atoms with Crippen molar-refractivity contribution in [3.63, 3.8) is 0 Å².